The lowest BCUT2D eigenvalue weighted by molar-refractivity contribution is 0.996. The van der Waals surface area contributed by atoms with E-state index in [0.29, 0.717) is 6.42 Å². The van der Waals surface area contributed by atoms with E-state index in [9.17, 15) is 0 Å². The highest BCUT2D eigenvalue weighted by Gasteiger charge is 2.16. The van der Waals surface area contributed by atoms with Gasteiger partial charge in [0.1, 0.15) is 0 Å². The van der Waals surface area contributed by atoms with Gasteiger partial charge in [-0.2, -0.15) is 0 Å². The highest BCUT2D eigenvalue weighted by atomic mass is 15.0. The lowest BCUT2D eigenvalue weighted by Crippen LogP contribution is -2.14. The third-order valence-electron chi connectivity index (χ3n) is 8.55. The summed E-state index contributed by atoms with van der Waals surface area (Å²) in [5.74, 6) is 0. The normalized spacial score (nSPS) is 13.7. The predicted octanol–water partition coefficient (Wildman–Crippen LogP) is 9.64. The van der Waals surface area contributed by atoms with Crippen molar-refractivity contribution in [3.05, 3.63) is 169 Å². The van der Waals surface area contributed by atoms with Crippen LogP contribution in [0.4, 0.5) is 0 Å². The SMILES string of the molecule is N=C/C=C\C/C(N)=C/C=C\Cc1ccc2c3ccc4cc(-c5ccc(C6=CC=CCN6)cc5)ccc4c3n(-c3ccccc3)c2c1. The second-order valence-corrected chi connectivity index (χ2v) is 11.6. The molecule has 4 heteroatoms. The second kappa shape index (κ2) is 13.0. The summed E-state index contributed by atoms with van der Waals surface area (Å²) in [6.07, 6.45) is 18.7. The van der Waals surface area contributed by atoms with Gasteiger partial charge in [-0.15, -0.1) is 0 Å². The Labute approximate surface area is 269 Å². The van der Waals surface area contributed by atoms with E-state index in [1.54, 1.807) is 6.08 Å². The van der Waals surface area contributed by atoms with Gasteiger partial charge in [-0.25, -0.2) is 0 Å². The van der Waals surface area contributed by atoms with Gasteiger partial charge in [-0.1, -0.05) is 109 Å². The van der Waals surface area contributed by atoms with E-state index in [0.717, 1.165) is 30.0 Å². The van der Waals surface area contributed by atoms with Gasteiger partial charge in [0.2, 0.25) is 0 Å². The summed E-state index contributed by atoms with van der Waals surface area (Å²) in [6.45, 7) is 0.865. The molecule has 0 spiro atoms. The molecule has 0 amide bonds. The lowest BCUT2D eigenvalue weighted by atomic mass is 9.98. The van der Waals surface area contributed by atoms with Crippen molar-refractivity contribution in [1.82, 2.24) is 9.88 Å². The average Bonchev–Trinajstić information content (AvgIpc) is 3.45. The molecule has 4 N–H and O–H groups in total. The van der Waals surface area contributed by atoms with E-state index in [-0.39, 0.29) is 0 Å². The first kappa shape index (κ1) is 28.9. The van der Waals surface area contributed by atoms with Crippen LogP contribution in [0.5, 0.6) is 0 Å². The molecule has 0 atom stereocenters. The van der Waals surface area contributed by atoms with Crippen molar-refractivity contribution in [2.24, 2.45) is 5.73 Å². The molecule has 4 nitrogen and oxygen atoms in total. The summed E-state index contributed by atoms with van der Waals surface area (Å²) in [5.41, 5.74) is 16.5. The summed E-state index contributed by atoms with van der Waals surface area (Å²) >= 11 is 0. The van der Waals surface area contributed by atoms with E-state index >= 15 is 0 Å². The minimum atomic E-state index is 0.638. The topological polar surface area (TPSA) is 66.8 Å². The summed E-state index contributed by atoms with van der Waals surface area (Å²) in [4.78, 5) is 0. The third-order valence-corrected chi connectivity index (χ3v) is 8.55. The first-order valence-electron chi connectivity index (χ1n) is 15.7. The largest absolute Gasteiger partial charge is 0.402 e. The van der Waals surface area contributed by atoms with Crippen LogP contribution in [0.25, 0.3) is 55.1 Å². The van der Waals surface area contributed by atoms with Crippen molar-refractivity contribution in [3.8, 4) is 16.8 Å². The molecule has 0 unspecified atom stereocenters. The fourth-order valence-corrected chi connectivity index (χ4v) is 6.27. The zero-order chi connectivity index (χ0) is 31.3. The molecule has 1 aliphatic heterocycles. The minimum absolute atomic E-state index is 0.638. The van der Waals surface area contributed by atoms with Crippen molar-refractivity contribution in [2.75, 3.05) is 6.54 Å². The Bertz CT molecular complexity index is 2210. The smallest absolute Gasteiger partial charge is 0.0619 e. The lowest BCUT2D eigenvalue weighted by Gasteiger charge is -2.13. The molecule has 7 rings (SSSR count). The molecule has 0 saturated heterocycles. The van der Waals surface area contributed by atoms with E-state index in [1.807, 2.05) is 18.2 Å². The van der Waals surface area contributed by atoms with Crippen LogP contribution in [0.2, 0.25) is 0 Å². The number of nitrogens with two attached hydrogens (primary N) is 1. The quantitative estimate of drug-likeness (QED) is 0.115. The van der Waals surface area contributed by atoms with Crippen LogP contribution in [0.3, 0.4) is 0 Å². The molecule has 0 saturated carbocycles. The fourth-order valence-electron chi connectivity index (χ4n) is 6.27. The Hall–Kier alpha value is -5.87. The molecule has 1 aliphatic rings. The molecule has 0 bridgehead atoms. The summed E-state index contributed by atoms with van der Waals surface area (Å²) in [7, 11) is 0. The monoisotopic (exact) mass is 596 g/mol. The third kappa shape index (κ3) is 5.81. The molecular weight excluding hydrogens is 560 g/mol. The number of hydrogen-bond acceptors (Lipinski definition) is 3. The molecular formula is C42H36N4. The average molecular weight is 597 g/mol. The fraction of sp³-hybridized carbons (Fsp3) is 0.0714. The number of aromatic nitrogens is 1. The van der Waals surface area contributed by atoms with Crippen molar-refractivity contribution in [3.63, 3.8) is 0 Å². The Balaban J connectivity index is 1.28. The van der Waals surface area contributed by atoms with Crippen LogP contribution in [0.15, 0.2) is 157 Å². The highest BCUT2D eigenvalue weighted by molar-refractivity contribution is 6.19. The Kier molecular flexibility index (Phi) is 8.17. The van der Waals surface area contributed by atoms with Gasteiger partial charge in [0.05, 0.1) is 11.0 Å². The zero-order valence-corrected chi connectivity index (χ0v) is 25.7. The number of nitrogens with one attached hydrogen (secondary N) is 2. The summed E-state index contributed by atoms with van der Waals surface area (Å²) in [6, 6.07) is 37.7. The van der Waals surface area contributed by atoms with Crippen molar-refractivity contribution in [2.45, 2.75) is 12.8 Å². The predicted molar refractivity (Wildman–Crippen MR) is 196 cm³/mol. The van der Waals surface area contributed by atoms with Gasteiger partial charge in [0, 0.05) is 52.4 Å². The van der Waals surface area contributed by atoms with Gasteiger partial charge in [0.15, 0.2) is 0 Å². The second-order valence-electron chi connectivity index (χ2n) is 11.6. The summed E-state index contributed by atoms with van der Waals surface area (Å²) in [5, 5.41) is 15.5. The molecule has 0 aliphatic carbocycles. The maximum absolute atomic E-state index is 7.09. The molecule has 224 valence electrons. The van der Waals surface area contributed by atoms with Gasteiger partial charge < -0.3 is 21.0 Å². The molecule has 0 fully saturated rings. The number of rotatable bonds is 9. The van der Waals surface area contributed by atoms with Crippen molar-refractivity contribution < 1.29 is 0 Å². The number of dihydropyridines is 1. The van der Waals surface area contributed by atoms with E-state index in [2.05, 4.69) is 137 Å². The molecule has 2 heterocycles. The molecule has 5 aromatic carbocycles. The van der Waals surface area contributed by atoms with Crippen LogP contribution in [0.1, 0.15) is 17.5 Å². The van der Waals surface area contributed by atoms with E-state index < -0.39 is 0 Å². The van der Waals surface area contributed by atoms with Crippen molar-refractivity contribution in [1.29, 1.82) is 5.41 Å². The van der Waals surface area contributed by atoms with Crippen LogP contribution < -0.4 is 11.1 Å². The van der Waals surface area contributed by atoms with E-state index in [1.165, 1.54) is 61.0 Å². The Morgan fingerprint density at radius 2 is 1.57 bits per heavy atom. The maximum atomic E-state index is 7.09. The molecule has 46 heavy (non-hydrogen) atoms. The van der Waals surface area contributed by atoms with Gasteiger partial charge >= 0.3 is 0 Å². The molecule has 0 radical (unpaired) electrons. The first-order valence-corrected chi connectivity index (χ1v) is 15.7. The zero-order valence-electron chi connectivity index (χ0n) is 25.7. The van der Waals surface area contributed by atoms with Crippen molar-refractivity contribution >= 4 is 44.5 Å². The molecule has 6 aromatic rings. The Morgan fingerprint density at radius 1 is 0.783 bits per heavy atom. The first-order chi connectivity index (χ1) is 22.7. The van der Waals surface area contributed by atoms with Crippen LogP contribution >= 0.6 is 0 Å². The van der Waals surface area contributed by atoms with Gasteiger partial charge in [-0.3, -0.25) is 0 Å². The standard InChI is InChI=1S/C42H36N4/c43-26-8-6-12-35(44)11-5-4-10-30-16-23-38-39-25-22-34-29-33(31-17-19-32(20-18-31)40-15-7-9-27-45-40)21-24-37(34)42(39)46(41(38)28-30)36-13-2-1-3-14-36/h1-9,11,13-26,28-29,43,45H,10,12,27,44H2/b5-4-,8-6-,35-11-,43-26?. The summed E-state index contributed by atoms with van der Waals surface area (Å²) < 4.78 is 2.42. The number of para-hydroxylation sites is 1. The minimum Gasteiger partial charge on any atom is -0.402 e. The number of fused-ring (bicyclic) bond motifs is 5. The van der Waals surface area contributed by atoms with Crippen LogP contribution in [-0.2, 0) is 6.42 Å². The van der Waals surface area contributed by atoms with Gasteiger partial charge in [-0.05, 0) is 76.6 Å². The highest BCUT2D eigenvalue weighted by Crippen LogP contribution is 2.38. The van der Waals surface area contributed by atoms with Crippen LogP contribution in [0, 0.1) is 5.41 Å². The number of nitrogens with zero attached hydrogens (tertiary/aromatic N) is 1. The van der Waals surface area contributed by atoms with E-state index in [4.69, 9.17) is 11.1 Å². The van der Waals surface area contributed by atoms with Crippen LogP contribution in [-0.4, -0.2) is 17.3 Å². The molecule has 1 aromatic heterocycles. The number of allylic oxidation sites excluding steroid dienone is 7. The Morgan fingerprint density at radius 3 is 2.37 bits per heavy atom. The maximum Gasteiger partial charge on any atom is 0.0619 e. The number of hydrogen-bond donors (Lipinski definition) is 3. The van der Waals surface area contributed by atoms with Gasteiger partial charge in [0.25, 0.3) is 0 Å². The number of benzene rings is 5.